The van der Waals surface area contributed by atoms with E-state index in [2.05, 4.69) is 25.9 Å². The predicted molar refractivity (Wildman–Crippen MR) is 57.6 cm³/mol. The lowest BCUT2D eigenvalue weighted by Gasteiger charge is -2.00. The Morgan fingerprint density at radius 3 is 2.87 bits per heavy atom. The molecule has 1 aromatic carbocycles. The van der Waals surface area contributed by atoms with Crippen molar-refractivity contribution in [3.05, 3.63) is 40.5 Å². The second-order valence-electron chi connectivity index (χ2n) is 3.03. The first kappa shape index (κ1) is 10.3. The number of hydrogen-bond donors (Lipinski definition) is 2. The minimum atomic E-state index is -0.336. The van der Waals surface area contributed by atoms with Gasteiger partial charge >= 0.3 is 0 Å². The molecule has 0 radical (unpaired) electrons. The van der Waals surface area contributed by atoms with Crippen molar-refractivity contribution in [2.24, 2.45) is 0 Å². The lowest BCUT2D eigenvalue weighted by atomic mass is 10.1. The summed E-state index contributed by atoms with van der Waals surface area (Å²) in [7, 11) is 0. The average molecular weight is 271 g/mol. The molecule has 0 aliphatic rings. The third-order valence-electron chi connectivity index (χ3n) is 2.00. The highest BCUT2D eigenvalue weighted by Gasteiger charge is 2.08. The molecule has 0 fully saturated rings. The van der Waals surface area contributed by atoms with Gasteiger partial charge in [0.15, 0.2) is 0 Å². The smallest absolute Gasteiger partial charge is 0.133 e. The van der Waals surface area contributed by atoms with Crippen molar-refractivity contribution >= 4 is 15.9 Å². The summed E-state index contributed by atoms with van der Waals surface area (Å²) in [5, 5.41) is 8.82. The monoisotopic (exact) mass is 270 g/mol. The zero-order chi connectivity index (χ0) is 10.8. The van der Waals surface area contributed by atoms with Crippen molar-refractivity contribution < 1.29 is 9.50 Å². The summed E-state index contributed by atoms with van der Waals surface area (Å²) in [6.07, 6.45) is 1.50. The molecular weight excluding hydrogens is 263 g/mol. The molecule has 2 rings (SSSR count). The van der Waals surface area contributed by atoms with Crippen LogP contribution in [0.3, 0.4) is 0 Å². The van der Waals surface area contributed by atoms with Gasteiger partial charge in [0.1, 0.15) is 18.2 Å². The molecule has 0 spiro atoms. The van der Waals surface area contributed by atoms with Crippen LogP contribution in [0, 0.1) is 5.82 Å². The number of nitrogens with zero attached hydrogens (tertiary/aromatic N) is 1. The summed E-state index contributed by atoms with van der Waals surface area (Å²) >= 11 is 3.18. The summed E-state index contributed by atoms with van der Waals surface area (Å²) in [6, 6.07) is 4.78. The summed E-state index contributed by atoms with van der Waals surface area (Å²) in [4.78, 5) is 6.71. The second kappa shape index (κ2) is 4.12. The highest BCUT2D eigenvalue weighted by atomic mass is 79.9. The van der Waals surface area contributed by atoms with Crippen molar-refractivity contribution in [2.75, 3.05) is 0 Å². The summed E-state index contributed by atoms with van der Waals surface area (Å²) in [6.45, 7) is -0.182. The number of nitrogens with one attached hydrogen (secondary N) is 1. The van der Waals surface area contributed by atoms with Crippen LogP contribution in [-0.4, -0.2) is 15.1 Å². The topological polar surface area (TPSA) is 48.9 Å². The predicted octanol–water partition coefficient (Wildman–Crippen LogP) is 2.47. The molecule has 3 nitrogen and oxygen atoms in total. The van der Waals surface area contributed by atoms with Gasteiger partial charge in [-0.3, -0.25) is 0 Å². The van der Waals surface area contributed by atoms with Gasteiger partial charge < -0.3 is 10.1 Å². The first-order chi connectivity index (χ1) is 7.20. The molecule has 0 saturated heterocycles. The van der Waals surface area contributed by atoms with Gasteiger partial charge in [0.05, 0.1) is 11.9 Å². The van der Waals surface area contributed by atoms with E-state index < -0.39 is 0 Å². The third-order valence-corrected chi connectivity index (χ3v) is 2.49. The van der Waals surface area contributed by atoms with Crippen LogP contribution in [0.1, 0.15) is 5.82 Å². The van der Waals surface area contributed by atoms with Gasteiger partial charge in [-0.15, -0.1) is 0 Å². The number of halogens is 2. The molecule has 78 valence electrons. The lowest BCUT2D eigenvalue weighted by molar-refractivity contribution is 0.272. The number of imidazole rings is 1. The Balaban J connectivity index is 2.44. The maximum atomic E-state index is 13.5. The van der Waals surface area contributed by atoms with E-state index in [0.29, 0.717) is 21.6 Å². The maximum absolute atomic E-state index is 13.5. The first-order valence-electron chi connectivity index (χ1n) is 4.31. The largest absolute Gasteiger partial charge is 0.388 e. The van der Waals surface area contributed by atoms with Crippen LogP contribution >= 0.6 is 15.9 Å². The Kier molecular flexibility index (Phi) is 2.83. The fourth-order valence-corrected chi connectivity index (χ4v) is 1.62. The minimum absolute atomic E-state index is 0.182. The Labute approximate surface area is 94.1 Å². The standard InChI is InChI=1S/C10H8BrFN2O/c11-6-1-2-7(8(12)3-6)9-4-13-10(5-15)14-9/h1-4,15H,5H2,(H,13,14). The van der Waals surface area contributed by atoms with E-state index in [1.807, 2.05) is 0 Å². The molecule has 0 amide bonds. The minimum Gasteiger partial charge on any atom is -0.388 e. The summed E-state index contributed by atoms with van der Waals surface area (Å²) in [5.41, 5.74) is 0.995. The van der Waals surface area contributed by atoms with E-state index in [4.69, 9.17) is 5.11 Å². The number of aliphatic hydroxyl groups is 1. The average Bonchev–Trinajstić information content (AvgIpc) is 2.66. The first-order valence-corrected chi connectivity index (χ1v) is 5.10. The number of aromatic amines is 1. The molecule has 0 aliphatic carbocycles. The van der Waals surface area contributed by atoms with E-state index >= 15 is 0 Å². The zero-order valence-electron chi connectivity index (χ0n) is 7.67. The molecule has 15 heavy (non-hydrogen) atoms. The molecule has 1 heterocycles. The molecule has 0 unspecified atom stereocenters. The Hall–Kier alpha value is -1.20. The van der Waals surface area contributed by atoms with Gasteiger partial charge in [0.25, 0.3) is 0 Å². The van der Waals surface area contributed by atoms with E-state index in [9.17, 15) is 4.39 Å². The molecular formula is C10H8BrFN2O. The SMILES string of the molecule is OCc1ncc(-c2ccc(Br)cc2F)[nH]1. The highest BCUT2D eigenvalue weighted by molar-refractivity contribution is 9.10. The zero-order valence-corrected chi connectivity index (χ0v) is 9.25. The maximum Gasteiger partial charge on any atom is 0.133 e. The van der Waals surface area contributed by atoms with Crippen LogP contribution < -0.4 is 0 Å². The van der Waals surface area contributed by atoms with Crippen LogP contribution in [0.25, 0.3) is 11.3 Å². The third kappa shape index (κ3) is 2.08. The number of rotatable bonds is 2. The number of hydrogen-bond acceptors (Lipinski definition) is 2. The number of aromatic nitrogens is 2. The van der Waals surface area contributed by atoms with Crippen LogP contribution in [0.15, 0.2) is 28.9 Å². The molecule has 2 N–H and O–H groups in total. The highest BCUT2D eigenvalue weighted by Crippen LogP contribution is 2.23. The lowest BCUT2D eigenvalue weighted by Crippen LogP contribution is -1.87. The number of aliphatic hydroxyl groups excluding tert-OH is 1. The summed E-state index contributed by atoms with van der Waals surface area (Å²) in [5.74, 6) is 0.0878. The molecule has 1 aromatic heterocycles. The van der Waals surface area contributed by atoms with Crippen LogP contribution in [0.2, 0.25) is 0 Å². The van der Waals surface area contributed by atoms with Gasteiger partial charge in [-0.2, -0.15) is 0 Å². The number of H-pyrrole nitrogens is 1. The molecule has 0 bridgehead atoms. The molecule has 0 saturated carbocycles. The van der Waals surface area contributed by atoms with E-state index in [1.165, 1.54) is 12.3 Å². The van der Waals surface area contributed by atoms with Gasteiger partial charge in [0.2, 0.25) is 0 Å². The fourth-order valence-electron chi connectivity index (χ4n) is 1.29. The van der Waals surface area contributed by atoms with Gasteiger partial charge in [0, 0.05) is 10.0 Å². The van der Waals surface area contributed by atoms with Gasteiger partial charge in [-0.25, -0.2) is 9.37 Å². The second-order valence-corrected chi connectivity index (χ2v) is 3.94. The van der Waals surface area contributed by atoms with Gasteiger partial charge in [-0.1, -0.05) is 15.9 Å². The normalized spacial score (nSPS) is 10.6. The van der Waals surface area contributed by atoms with Crippen molar-refractivity contribution in [1.82, 2.24) is 9.97 Å². The van der Waals surface area contributed by atoms with Crippen LogP contribution in [0.5, 0.6) is 0 Å². The quantitative estimate of drug-likeness (QED) is 0.881. The molecule has 0 atom stereocenters. The molecule has 2 aromatic rings. The van der Waals surface area contributed by atoms with E-state index in [-0.39, 0.29) is 12.4 Å². The Bertz CT molecular complexity index is 484. The van der Waals surface area contributed by atoms with E-state index in [1.54, 1.807) is 12.1 Å². The Morgan fingerprint density at radius 1 is 1.47 bits per heavy atom. The molecule has 5 heteroatoms. The Morgan fingerprint density at radius 2 is 2.27 bits per heavy atom. The summed E-state index contributed by atoms with van der Waals surface area (Å²) < 4.78 is 14.2. The van der Waals surface area contributed by atoms with Crippen molar-refractivity contribution in [2.45, 2.75) is 6.61 Å². The molecule has 0 aliphatic heterocycles. The van der Waals surface area contributed by atoms with Gasteiger partial charge in [-0.05, 0) is 18.2 Å². The van der Waals surface area contributed by atoms with Crippen molar-refractivity contribution in [3.8, 4) is 11.3 Å². The van der Waals surface area contributed by atoms with Crippen molar-refractivity contribution in [3.63, 3.8) is 0 Å². The van der Waals surface area contributed by atoms with Crippen LogP contribution in [-0.2, 0) is 6.61 Å². The van der Waals surface area contributed by atoms with Crippen molar-refractivity contribution in [1.29, 1.82) is 0 Å². The van der Waals surface area contributed by atoms with Crippen LogP contribution in [0.4, 0.5) is 4.39 Å². The van der Waals surface area contributed by atoms with E-state index in [0.717, 1.165) is 0 Å². The number of benzene rings is 1. The fraction of sp³-hybridized carbons (Fsp3) is 0.100.